The first-order valence-electron chi connectivity index (χ1n) is 5.03. The SMILES string of the molecule is COC1CCC(N2CC2C#N)CC1. The van der Waals surface area contributed by atoms with Gasteiger partial charge >= 0.3 is 0 Å². The van der Waals surface area contributed by atoms with Crippen LogP contribution in [0.3, 0.4) is 0 Å². The summed E-state index contributed by atoms with van der Waals surface area (Å²) in [6, 6.07) is 3.20. The highest BCUT2D eigenvalue weighted by atomic mass is 16.5. The molecular formula is C10H16N2O. The second-order valence-electron chi connectivity index (χ2n) is 4.01. The zero-order valence-electron chi connectivity index (χ0n) is 8.07. The van der Waals surface area contributed by atoms with Gasteiger partial charge < -0.3 is 4.74 Å². The lowest BCUT2D eigenvalue weighted by atomic mass is 9.93. The Kier molecular flexibility index (Phi) is 2.52. The fourth-order valence-electron chi connectivity index (χ4n) is 2.28. The van der Waals surface area contributed by atoms with Crippen LogP contribution in [0.15, 0.2) is 0 Å². The topological polar surface area (TPSA) is 36.0 Å². The summed E-state index contributed by atoms with van der Waals surface area (Å²) >= 11 is 0. The monoisotopic (exact) mass is 180 g/mol. The van der Waals surface area contributed by atoms with E-state index in [0.29, 0.717) is 12.1 Å². The van der Waals surface area contributed by atoms with Gasteiger partial charge in [0, 0.05) is 19.7 Å². The van der Waals surface area contributed by atoms with Crippen LogP contribution in [-0.4, -0.2) is 36.7 Å². The smallest absolute Gasteiger partial charge is 0.111 e. The van der Waals surface area contributed by atoms with Crippen molar-refractivity contribution in [2.24, 2.45) is 0 Å². The van der Waals surface area contributed by atoms with Gasteiger partial charge in [-0.05, 0) is 25.7 Å². The van der Waals surface area contributed by atoms with E-state index < -0.39 is 0 Å². The average Bonchev–Trinajstić information content (AvgIpc) is 2.97. The minimum Gasteiger partial charge on any atom is -0.381 e. The third kappa shape index (κ3) is 1.84. The molecule has 1 aliphatic heterocycles. The summed E-state index contributed by atoms with van der Waals surface area (Å²) in [4.78, 5) is 2.31. The van der Waals surface area contributed by atoms with Crippen LogP contribution in [0.5, 0.6) is 0 Å². The molecule has 2 aliphatic rings. The first-order chi connectivity index (χ1) is 6.35. The van der Waals surface area contributed by atoms with Crippen LogP contribution in [0.25, 0.3) is 0 Å². The van der Waals surface area contributed by atoms with Gasteiger partial charge in [-0.25, -0.2) is 0 Å². The zero-order valence-corrected chi connectivity index (χ0v) is 8.07. The molecule has 0 aromatic carbocycles. The van der Waals surface area contributed by atoms with Gasteiger partial charge in [0.15, 0.2) is 0 Å². The van der Waals surface area contributed by atoms with Gasteiger partial charge in [-0.3, -0.25) is 4.90 Å². The van der Waals surface area contributed by atoms with Crippen molar-refractivity contribution in [1.82, 2.24) is 4.90 Å². The van der Waals surface area contributed by atoms with Crippen molar-refractivity contribution in [3.63, 3.8) is 0 Å². The first kappa shape index (κ1) is 8.98. The predicted octanol–water partition coefficient (Wildman–Crippen LogP) is 1.15. The molecule has 13 heavy (non-hydrogen) atoms. The van der Waals surface area contributed by atoms with Gasteiger partial charge in [-0.2, -0.15) is 5.26 Å². The van der Waals surface area contributed by atoms with Crippen LogP contribution in [0.2, 0.25) is 0 Å². The summed E-state index contributed by atoms with van der Waals surface area (Å²) in [5, 5.41) is 8.69. The van der Waals surface area contributed by atoms with Crippen LogP contribution >= 0.6 is 0 Å². The molecule has 0 amide bonds. The number of methoxy groups -OCH3 is 1. The van der Waals surface area contributed by atoms with Gasteiger partial charge in [0.05, 0.1) is 12.2 Å². The Labute approximate surface area is 79.3 Å². The minimum absolute atomic E-state index is 0.226. The largest absolute Gasteiger partial charge is 0.381 e. The van der Waals surface area contributed by atoms with E-state index in [2.05, 4.69) is 11.0 Å². The second-order valence-corrected chi connectivity index (χ2v) is 4.01. The third-order valence-electron chi connectivity index (χ3n) is 3.25. The Morgan fingerprint density at radius 3 is 2.46 bits per heavy atom. The maximum atomic E-state index is 8.69. The summed E-state index contributed by atoms with van der Waals surface area (Å²) in [5.74, 6) is 0. The van der Waals surface area contributed by atoms with Crippen molar-refractivity contribution in [2.75, 3.05) is 13.7 Å². The maximum Gasteiger partial charge on any atom is 0.111 e. The molecule has 1 saturated carbocycles. The lowest BCUT2D eigenvalue weighted by Gasteiger charge is -2.28. The number of ether oxygens (including phenoxy) is 1. The molecule has 0 spiro atoms. The molecule has 72 valence electrons. The van der Waals surface area contributed by atoms with Crippen LogP contribution < -0.4 is 0 Å². The van der Waals surface area contributed by atoms with Crippen molar-refractivity contribution < 1.29 is 4.74 Å². The zero-order chi connectivity index (χ0) is 9.26. The molecule has 0 bridgehead atoms. The molecule has 2 fully saturated rings. The molecule has 1 aliphatic carbocycles. The molecule has 2 unspecified atom stereocenters. The molecular weight excluding hydrogens is 164 g/mol. The lowest BCUT2D eigenvalue weighted by Crippen LogP contribution is -2.29. The van der Waals surface area contributed by atoms with Gasteiger partial charge in [0.25, 0.3) is 0 Å². The average molecular weight is 180 g/mol. The molecule has 1 saturated heterocycles. The van der Waals surface area contributed by atoms with Crippen LogP contribution in [0.4, 0.5) is 0 Å². The van der Waals surface area contributed by atoms with E-state index in [1.54, 1.807) is 7.11 Å². The van der Waals surface area contributed by atoms with E-state index in [0.717, 1.165) is 19.4 Å². The number of nitrogens with zero attached hydrogens (tertiary/aromatic N) is 2. The summed E-state index contributed by atoms with van der Waals surface area (Å²) < 4.78 is 5.31. The lowest BCUT2D eigenvalue weighted by molar-refractivity contribution is 0.0550. The number of rotatable bonds is 2. The molecule has 0 N–H and O–H groups in total. The van der Waals surface area contributed by atoms with Gasteiger partial charge in [0.1, 0.15) is 6.04 Å². The van der Waals surface area contributed by atoms with Crippen molar-refractivity contribution in [3.05, 3.63) is 0 Å². The molecule has 3 nitrogen and oxygen atoms in total. The van der Waals surface area contributed by atoms with Gasteiger partial charge in [0.2, 0.25) is 0 Å². The van der Waals surface area contributed by atoms with Crippen LogP contribution in [-0.2, 0) is 4.74 Å². The molecule has 2 atom stereocenters. The van der Waals surface area contributed by atoms with Crippen molar-refractivity contribution >= 4 is 0 Å². The fourth-order valence-corrected chi connectivity index (χ4v) is 2.28. The molecule has 1 heterocycles. The highest BCUT2D eigenvalue weighted by molar-refractivity contribution is 5.08. The van der Waals surface area contributed by atoms with Crippen molar-refractivity contribution in [3.8, 4) is 6.07 Å². The quantitative estimate of drug-likeness (QED) is 0.598. The van der Waals surface area contributed by atoms with E-state index in [1.807, 2.05) is 0 Å². The van der Waals surface area contributed by atoms with Crippen molar-refractivity contribution in [1.29, 1.82) is 5.26 Å². The third-order valence-corrected chi connectivity index (χ3v) is 3.25. The van der Waals surface area contributed by atoms with E-state index >= 15 is 0 Å². The Bertz CT molecular complexity index is 215. The van der Waals surface area contributed by atoms with Gasteiger partial charge in [-0.15, -0.1) is 0 Å². The normalized spacial score (nSPS) is 44.0. The Morgan fingerprint density at radius 2 is 2.00 bits per heavy atom. The molecule has 0 aromatic heterocycles. The van der Waals surface area contributed by atoms with Crippen LogP contribution in [0, 0.1) is 11.3 Å². The van der Waals surface area contributed by atoms with E-state index in [9.17, 15) is 0 Å². The summed E-state index contributed by atoms with van der Waals surface area (Å²) in [6.45, 7) is 0.999. The maximum absolute atomic E-state index is 8.69. The molecule has 3 heteroatoms. The standard InChI is InChI=1S/C10H16N2O/c1-13-10-4-2-8(3-5-10)12-7-9(12)6-11/h8-10H,2-5,7H2,1H3. The van der Waals surface area contributed by atoms with E-state index in [4.69, 9.17) is 10.00 Å². The minimum atomic E-state index is 0.226. The molecule has 0 aromatic rings. The van der Waals surface area contributed by atoms with Crippen LogP contribution in [0.1, 0.15) is 25.7 Å². The highest BCUT2D eigenvalue weighted by Crippen LogP contribution is 2.31. The highest BCUT2D eigenvalue weighted by Gasteiger charge is 2.40. The number of nitriles is 1. The predicted molar refractivity (Wildman–Crippen MR) is 49.2 cm³/mol. The van der Waals surface area contributed by atoms with E-state index in [-0.39, 0.29) is 6.04 Å². The Morgan fingerprint density at radius 1 is 1.31 bits per heavy atom. The summed E-state index contributed by atoms with van der Waals surface area (Å²) in [5.41, 5.74) is 0. The van der Waals surface area contributed by atoms with Crippen molar-refractivity contribution in [2.45, 2.75) is 43.9 Å². The van der Waals surface area contributed by atoms with E-state index in [1.165, 1.54) is 12.8 Å². The molecule has 0 radical (unpaired) electrons. The molecule has 2 rings (SSSR count). The Balaban J connectivity index is 1.77. The first-order valence-corrected chi connectivity index (χ1v) is 5.03. The summed E-state index contributed by atoms with van der Waals surface area (Å²) in [6.07, 6.45) is 5.20. The fraction of sp³-hybridized carbons (Fsp3) is 0.900. The van der Waals surface area contributed by atoms with Gasteiger partial charge in [-0.1, -0.05) is 0 Å². The number of hydrogen-bond acceptors (Lipinski definition) is 3. The second kappa shape index (κ2) is 3.65. The Hall–Kier alpha value is -0.590. The number of hydrogen-bond donors (Lipinski definition) is 0. The summed E-state index contributed by atoms with van der Waals surface area (Å²) in [7, 11) is 1.79.